The average Bonchev–Trinajstić information content (AvgIpc) is 2.39. The number of benzene rings is 1. The van der Waals surface area contributed by atoms with Gasteiger partial charge in [-0.2, -0.15) is 0 Å². The summed E-state index contributed by atoms with van der Waals surface area (Å²) < 4.78 is 15.5. The smallest absolute Gasteiger partial charge is 0.272 e. The van der Waals surface area contributed by atoms with E-state index < -0.39 is 0 Å². The number of likely N-dealkylation sites (N-methyl/N-ethyl adjacent to an activating group) is 1. The number of nitrogens with one attached hydrogen (secondary N) is 1. The molecule has 1 N–H and O–H groups in total. The molecule has 1 aromatic heterocycles. The summed E-state index contributed by atoms with van der Waals surface area (Å²) in [5.41, 5.74) is 2.05. The fourth-order valence-corrected chi connectivity index (χ4v) is 2.26. The van der Waals surface area contributed by atoms with Crippen molar-refractivity contribution in [1.29, 1.82) is 0 Å². The molecule has 1 heterocycles. The predicted molar refractivity (Wildman–Crippen MR) is 73.9 cm³/mol. The zero-order chi connectivity index (χ0) is 14.0. The maximum absolute atomic E-state index is 14.0. The van der Waals surface area contributed by atoms with Crippen LogP contribution in [0.4, 0.5) is 4.39 Å². The number of hydrogen-bond donors (Lipinski definition) is 1. The summed E-state index contributed by atoms with van der Waals surface area (Å²) in [6.07, 6.45) is 0.537. The third kappa shape index (κ3) is 2.51. The van der Waals surface area contributed by atoms with E-state index in [0.717, 1.165) is 6.54 Å². The fraction of sp³-hybridized carbons (Fsp3) is 0.429. The Morgan fingerprint density at radius 1 is 1.42 bits per heavy atom. The van der Waals surface area contributed by atoms with Crippen molar-refractivity contribution in [2.75, 3.05) is 13.1 Å². The fourth-order valence-electron chi connectivity index (χ4n) is 2.26. The Kier molecular flexibility index (Phi) is 3.95. The van der Waals surface area contributed by atoms with Crippen molar-refractivity contribution in [1.82, 2.24) is 14.9 Å². The molecule has 2 rings (SSSR count). The third-order valence-corrected chi connectivity index (χ3v) is 3.24. The summed E-state index contributed by atoms with van der Waals surface area (Å²) in [5, 5.41) is 3.16. The van der Waals surface area contributed by atoms with E-state index in [-0.39, 0.29) is 11.4 Å². The molecule has 0 aliphatic carbocycles. The van der Waals surface area contributed by atoms with Crippen molar-refractivity contribution >= 4 is 11.0 Å². The third-order valence-electron chi connectivity index (χ3n) is 3.24. The van der Waals surface area contributed by atoms with Gasteiger partial charge >= 0.3 is 0 Å². The van der Waals surface area contributed by atoms with Crippen LogP contribution in [0.5, 0.6) is 0 Å². The van der Waals surface area contributed by atoms with Gasteiger partial charge in [-0.15, -0.1) is 0 Å². The second kappa shape index (κ2) is 5.48. The standard InChI is InChI=1S/C14H18FN3O/c1-4-16-8-7-10-11(15)5-6-12-13(10)18(3)14(19)9(2)17-12/h5-6,16H,4,7-8H2,1-3H3. The monoisotopic (exact) mass is 263 g/mol. The van der Waals surface area contributed by atoms with Crippen LogP contribution in [-0.4, -0.2) is 22.6 Å². The summed E-state index contributed by atoms with van der Waals surface area (Å²) in [4.78, 5) is 16.2. The van der Waals surface area contributed by atoms with Crippen molar-refractivity contribution < 1.29 is 4.39 Å². The molecule has 2 aromatic rings. The number of hydrogen-bond acceptors (Lipinski definition) is 3. The van der Waals surface area contributed by atoms with Gasteiger partial charge in [-0.3, -0.25) is 4.79 Å². The summed E-state index contributed by atoms with van der Waals surface area (Å²) in [5.74, 6) is -0.286. The van der Waals surface area contributed by atoms with Gasteiger partial charge in [0, 0.05) is 12.6 Å². The van der Waals surface area contributed by atoms with Crippen LogP contribution in [0.25, 0.3) is 11.0 Å². The predicted octanol–water partition coefficient (Wildman–Crippen LogP) is 1.53. The lowest BCUT2D eigenvalue weighted by Gasteiger charge is -2.12. The molecule has 19 heavy (non-hydrogen) atoms. The zero-order valence-corrected chi connectivity index (χ0v) is 11.5. The summed E-state index contributed by atoms with van der Waals surface area (Å²) in [6.45, 7) is 5.18. The number of aromatic nitrogens is 2. The van der Waals surface area contributed by atoms with Crippen LogP contribution in [0.3, 0.4) is 0 Å². The highest BCUT2D eigenvalue weighted by Gasteiger charge is 2.13. The van der Waals surface area contributed by atoms with E-state index in [9.17, 15) is 9.18 Å². The van der Waals surface area contributed by atoms with Crippen LogP contribution in [0.15, 0.2) is 16.9 Å². The Morgan fingerprint density at radius 2 is 2.16 bits per heavy atom. The van der Waals surface area contributed by atoms with Gasteiger partial charge in [-0.1, -0.05) is 6.92 Å². The number of fused-ring (bicyclic) bond motifs is 1. The maximum atomic E-state index is 14.0. The number of rotatable bonds is 4. The van der Waals surface area contributed by atoms with Crippen molar-refractivity contribution in [3.63, 3.8) is 0 Å². The first kappa shape index (κ1) is 13.7. The van der Waals surface area contributed by atoms with Gasteiger partial charge in [0.1, 0.15) is 11.5 Å². The van der Waals surface area contributed by atoms with Crippen molar-refractivity contribution in [2.24, 2.45) is 7.05 Å². The first-order valence-corrected chi connectivity index (χ1v) is 6.41. The molecule has 5 heteroatoms. The van der Waals surface area contributed by atoms with E-state index in [0.29, 0.717) is 35.3 Å². The molecule has 0 spiro atoms. The lowest BCUT2D eigenvalue weighted by Crippen LogP contribution is -2.23. The van der Waals surface area contributed by atoms with E-state index in [1.807, 2.05) is 6.92 Å². The van der Waals surface area contributed by atoms with Crippen molar-refractivity contribution in [2.45, 2.75) is 20.3 Å². The number of aryl methyl sites for hydroxylation is 2. The molecule has 0 saturated heterocycles. The lowest BCUT2D eigenvalue weighted by atomic mass is 10.1. The minimum Gasteiger partial charge on any atom is -0.317 e. The second-order valence-corrected chi connectivity index (χ2v) is 4.56. The SMILES string of the molecule is CCNCCc1c(F)ccc2nc(C)c(=O)n(C)c12. The first-order chi connectivity index (χ1) is 9.06. The second-order valence-electron chi connectivity index (χ2n) is 4.56. The van der Waals surface area contributed by atoms with Gasteiger partial charge in [-0.05, 0) is 38.6 Å². The molecule has 0 bridgehead atoms. The van der Waals surface area contributed by atoms with E-state index in [1.165, 1.54) is 10.6 Å². The highest BCUT2D eigenvalue weighted by atomic mass is 19.1. The normalized spacial score (nSPS) is 11.2. The summed E-state index contributed by atoms with van der Waals surface area (Å²) >= 11 is 0. The van der Waals surface area contributed by atoms with E-state index in [4.69, 9.17) is 0 Å². The quantitative estimate of drug-likeness (QED) is 0.851. The van der Waals surface area contributed by atoms with Crippen LogP contribution in [0, 0.1) is 12.7 Å². The Balaban J connectivity index is 2.64. The molecule has 102 valence electrons. The van der Waals surface area contributed by atoms with Crippen molar-refractivity contribution in [3.05, 3.63) is 39.6 Å². The van der Waals surface area contributed by atoms with Crippen LogP contribution < -0.4 is 10.9 Å². The van der Waals surface area contributed by atoms with Gasteiger partial charge in [0.05, 0.1) is 11.0 Å². The number of nitrogens with zero attached hydrogens (tertiary/aromatic N) is 2. The molecule has 0 unspecified atom stereocenters. The maximum Gasteiger partial charge on any atom is 0.272 e. The molecule has 0 amide bonds. The lowest BCUT2D eigenvalue weighted by molar-refractivity contribution is 0.601. The molecule has 0 saturated carbocycles. The van der Waals surface area contributed by atoms with Crippen LogP contribution in [0.1, 0.15) is 18.2 Å². The first-order valence-electron chi connectivity index (χ1n) is 6.41. The highest BCUT2D eigenvalue weighted by Crippen LogP contribution is 2.19. The van der Waals surface area contributed by atoms with Gasteiger partial charge < -0.3 is 9.88 Å². The van der Waals surface area contributed by atoms with Crippen LogP contribution in [-0.2, 0) is 13.5 Å². The Morgan fingerprint density at radius 3 is 2.84 bits per heavy atom. The van der Waals surface area contributed by atoms with Gasteiger partial charge in [0.15, 0.2) is 0 Å². The minimum atomic E-state index is -0.286. The molecule has 0 fully saturated rings. The molecule has 0 atom stereocenters. The Labute approximate surface area is 111 Å². The van der Waals surface area contributed by atoms with E-state index >= 15 is 0 Å². The molecule has 0 radical (unpaired) electrons. The highest BCUT2D eigenvalue weighted by molar-refractivity contribution is 5.78. The van der Waals surface area contributed by atoms with Crippen molar-refractivity contribution in [3.8, 4) is 0 Å². The topological polar surface area (TPSA) is 46.9 Å². The Hall–Kier alpha value is -1.75. The molecule has 0 aliphatic rings. The summed E-state index contributed by atoms with van der Waals surface area (Å²) in [6, 6.07) is 3.04. The van der Waals surface area contributed by atoms with Gasteiger partial charge in [0.2, 0.25) is 0 Å². The minimum absolute atomic E-state index is 0.178. The Bertz CT molecular complexity index is 664. The molecule has 4 nitrogen and oxygen atoms in total. The zero-order valence-electron chi connectivity index (χ0n) is 11.5. The van der Waals surface area contributed by atoms with Crippen LogP contribution in [0.2, 0.25) is 0 Å². The molecular weight excluding hydrogens is 245 g/mol. The molecular formula is C14H18FN3O. The average molecular weight is 263 g/mol. The van der Waals surface area contributed by atoms with Gasteiger partial charge in [0.25, 0.3) is 5.56 Å². The van der Waals surface area contributed by atoms with Crippen LogP contribution >= 0.6 is 0 Å². The van der Waals surface area contributed by atoms with E-state index in [1.54, 1.807) is 20.0 Å². The van der Waals surface area contributed by atoms with Gasteiger partial charge in [-0.25, -0.2) is 9.37 Å². The van der Waals surface area contributed by atoms with E-state index in [2.05, 4.69) is 10.3 Å². The molecule has 0 aliphatic heterocycles. The number of halogens is 1. The largest absolute Gasteiger partial charge is 0.317 e. The molecule has 1 aromatic carbocycles. The summed E-state index contributed by atoms with van der Waals surface area (Å²) in [7, 11) is 1.66.